The zero-order chi connectivity index (χ0) is 14.8. The molecule has 0 saturated heterocycles. The van der Waals surface area contributed by atoms with E-state index in [0.717, 1.165) is 30.7 Å². The molecule has 6 heteroatoms. The molecule has 1 aliphatic rings. The van der Waals surface area contributed by atoms with Crippen LogP contribution in [-0.4, -0.2) is 31.4 Å². The van der Waals surface area contributed by atoms with Gasteiger partial charge in [0.25, 0.3) is 10.0 Å². The molecule has 1 heterocycles. The van der Waals surface area contributed by atoms with Crippen LogP contribution in [0.25, 0.3) is 0 Å². The van der Waals surface area contributed by atoms with Crippen LogP contribution in [0.3, 0.4) is 0 Å². The monoisotopic (exact) mass is 316 g/mol. The van der Waals surface area contributed by atoms with Gasteiger partial charge in [0.05, 0.1) is 0 Å². The highest BCUT2D eigenvalue weighted by atomic mass is 32.2. The summed E-state index contributed by atoms with van der Waals surface area (Å²) in [5.74, 6) is 0. The van der Waals surface area contributed by atoms with Crippen molar-refractivity contribution in [3.05, 3.63) is 17.0 Å². The van der Waals surface area contributed by atoms with Crippen LogP contribution < -0.4 is 5.32 Å². The van der Waals surface area contributed by atoms with Crippen LogP contribution >= 0.6 is 11.3 Å². The van der Waals surface area contributed by atoms with Crippen LogP contribution in [-0.2, 0) is 16.6 Å². The summed E-state index contributed by atoms with van der Waals surface area (Å²) in [7, 11) is -3.29. The van der Waals surface area contributed by atoms with E-state index in [4.69, 9.17) is 0 Å². The highest BCUT2D eigenvalue weighted by molar-refractivity contribution is 7.91. The molecule has 1 saturated carbocycles. The molecule has 114 valence electrons. The summed E-state index contributed by atoms with van der Waals surface area (Å²) in [6.07, 6.45) is 2.88. The van der Waals surface area contributed by atoms with E-state index in [1.807, 2.05) is 13.0 Å². The van der Waals surface area contributed by atoms with Crippen LogP contribution in [0.15, 0.2) is 16.3 Å². The highest BCUT2D eigenvalue weighted by Gasteiger charge is 2.38. The molecule has 0 radical (unpaired) electrons. The van der Waals surface area contributed by atoms with Crippen LogP contribution in [0.1, 0.15) is 44.9 Å². The third-order valence-electron chi connectivity index (χ3n) is 3.28. The van der Waals surface area contributed by atoms with Gasteiger partial charge in [0.1, 0.15) is 4.21 Å². The normalized spacial score (nSPS) is 16.2. The Balaban J connectivity index is 2.12. The van der Waals surface area contributed by atoms with Crippen molar-refractivity contribution in [1.29, 1.82) is 0 Å². The molecule has 2 rings (SSSR count). The van der Waals surface area contributed by atoms with E-state index in [0.29, 0.717) is 16.8 Å². The second kappa shape index (κ2) is 6.56. The number of hydrogen-bond donors (Lipinski definition) is 1. The van der Waals surface area contributed by atoms with E-state index in [1.165, 1.54) is 11.3 Å². The quantitative estimate of drug-likeness (QED) is 0.802. The third-order valence-corrected chi connectivity index (χ3v) is 6.79. The molecule has 0 aliphatic heterocycles. The predicted molar refractivity (Wildman–Crippen MR) is 83.5 cm³/mol. The summed E-state index contributed by atoms with van der Waals surface area (Å²) >= 11 is 1.39. The zero-order valence-corrected chi connectivity index (χ0v) is 14.1. The fourth-order valence-corrected chi connectivity index (χ4v) is 5.31. The fourth-order valence-electron chi connectivity index (χ4n) is 2.09. The van der Waals surface area contributed by atoms with Gasteiger partial charge >= 0.3 is 0 Å². The Hall–Kier alpha value is -0.430. The SMILES string of the molecule is CCCN(C1CC1)S(=O)(=O)c1ccc(CNC(C)C)s1. The van der Waals surface area contributed by atoms with E-state index in [1.54, 1.807) is 10.4 Å². The van der Waals surface area contributed by atoms with Gasteiger partial charge in [0.15, 0.2) is 0 Å². The Bertz CT molecular complexity index is 533. The Morgan fingerprint density at radius 2 is 2.10 bits per heavy atom. The first-order valence-corrected chi connectivity index (χ1v) is 9.54. The minimum Gasteiger partial charge on any atom is -0.310 e. The lowest BCUT2D eigenvalue weighted by molar-refractivity contribution is 0.404. The first-order chi connectivity index (χ1) is 9.45. The molecule has 0 spiro atoms. The molecule has 0 atom stereocenters. The summed E-state index contributed by atoms with van der Waals surface area (Å²) in [5.41, 5.74) is 0. The number of rotatable bonds is 8. The molecule has 1 aromatic heterocycles. The van der Waals surface area contributed by atoms with Crippen LogP contribution in [0.2, 0.25) is 0 Å². The lowest BCUT2D eigenvalue weighted by atomic mass is 10.4. The predicted octanol–water partition coefficient (Wildman–Crippen LogP) is 2.81. The minimum atomic E-state index is -3.29. The van der Waals surface area contributed by atoms with Crippen LogP contribution in [0.5, 0.6) is 0 Å². The molecule has 0 unspecified atom stereocenters. The van der Waals surface area contributed by atoms with Crippen molar-refractivity contribution < 1.29 is 8.42 Å². The van der Waals surface area contributed by atoms with Crippen molar-refractivity contribution >= 4 is 21.4 Å². The van der Waals surface area contributed by atoms with Gasteiger partial charge in [-0.2, -0.15) is 4.31 Å². The van der Waals surface area contributed by atoms with Gasteiger partial charge in [-0.05, 0) is 31.4 Å². The largest absolute Gasteiger partial charge is 0.310 e. The summed E-state index contributed by atoms with van der Waals surface area (Å²) in [6, 6.07) is 4.31. The summed E-state index contributed by atoms with van der Waals surface area (Å²) < 4.78 is 27.5. The maximum atomic E-state index is 12.7. The number of nitrogens with zero attached hydrogens (tertiary/aromatic N) is 1. The average molecular weight is 316 g/mol. The zero-order valence-electron chi connectivity index (χ0n) is 12.4. The maximum absolute atomic E-state index is 12.7. The second-order valence-corrected chi connectivity index (χ2v) is 8.89. The Kier molecular flexibility index (Phi) is 5.23. The van der Waals surface area contributed by atoms with Crippen molar-refractivity contribution in [3.8, 4) is 0 Å². The summed E-state index contributed by atoms with van der Waals surface area (Å²) in [5, 5.41) is 3.32. The van der Waals surface area contributed by atoms with Crippen molar-refractivity contribution in [3.63, 3.8) is 0 Å². The Morgan fingerprint density at radius 1 is 1.40 bits per heavy atom. The molecule has 4 nitrogen and oxygen atoms in total. The molecule has 1 aliphatic carbocycles. The van der Waals surface area contributed by atoms with Gasteiger partial charge in [0.2, 0.25) is 0 Å². The molecule has 1 aromatic rings. The lowest BCUT2D eigenvalue weighted by Gasteiger charge is -2.20. The molecule has 0 aromatic carbocycles. The fraction of sp³-hybridized carbons (Fsp3) is 0.714. The Labute approximate surface area is 126 Å². The molecule has 0 bridgehead atoms. The van der Waals surface area contributed by atoms with Gasteiger partial charge in [-0.1, -0.05) is 20.8 Å². The highest BCUT2D eigenvalue weighted by Crippen LogP contribution is 2.34. The third kappa shape index (κ3) is 3.81. The topological polar surface area (TPSA) is 49.4 Å². The van der Waals surface area contributed by atoms with Crippen molar-refractivity contribution in [2.24, 2.45) is 0 Å². The van der Waals surface area contributed by atoms with E-state index < -0.39 is 10.0 Å². The van der Waals surface area contributed by atoms with Crippen molar-refractivity contribution in [2.45, 2.75) is 62.9 Å². The smallest absolute Gasteiger partial charge is 0.252 e. The van der Waals surface area contributed by atoms with Crippen LogP contribution in [0, 0.1) is 0 Å². The molecule has 1 N–H and O–H groups in total. The first kappa shape index (κ1) is 15.9. The van der Waals surface area contributed by atoms with Crippen molar-refractivity contribution in [2.75, 3.05) is 6.54 Å². The molecular weight excluding hydrogens is 292 g/mol. The summed E-state index contributed by atoms with van der Waals surface area (Å²) in [6.45, 7) is 7.56. The minimum absolute atomic E-state index is 0.235. The van der Waals surface area contributed by atoms with Gasteiger partial charge in [-0.3, -0.25) is 0 Å². The van der Waals surface area contributed by atoms with Gasteiger partial charge in [-0.15, -0.1) is 11.3 Å². The lowest BCUT2D eigenvalue weighted by Crippen LogP contribution is -2.33. The van der Waals surface area contributed by atoms with Crippen molar-refractivity contribution in [1.82, 2.24) is 9.62 Å². The van der Waals surface area contributed by atoms with E-state index in [-0.39, 0.29) is 6.04 Å². The first-order valence-electron chi connectivity index (χ1n) is 7.29. The Morgan fingerprint density at radius 3 is 2.65 bits per heavy atom. The average Bonchev–Trinajstić information content (AvgIpc) is 3.09. The van der Waals surface area contributed by atoms with E-state index in [2.05, 4.69) is 19.2 Å². The van der Waals surface area contributed by atoms with Gasteiger partial charge in [0, 0.05) is 30.1 Å². The molecular formula is C14H24N2O2S2. The van der Waals surface area contributed by atoms with E-state index in [9.17, 15) is 8.42 Å². The van der Waals surface area contributed by atoms with Gasteiger partial charge < -0.3 is 5.32 Å². The number of hydrogen-bond acceptors (Lipinski definition) is 4. The molecule has 1 fully saturated rings. The number of sulfonamides is 1. The molecule has 0 amide bonds. The van der Waals surface area contributed by atoms with E-state index >= 15 is 0 Å². The molecule has 20 heavy (non-hydrogen) atoms. The van der Waals surface area contributed by atoms with Crippen LogP contribution in [0.4, 0.5) is 0 Å². The standard InChI is InChI=1S/C14H24N2O2S2/c1-4-9-16(12-5-6-12)20(17,18)14-8-7-13(19-14)10-15-11(2)3/h7-8,11-12,15H,4-6,9-10H2,1-3H3. The maximum Gasteiger partial charge on any atom is 0.252 e. The van der Waals surface area contributed by atoms with Gasteiger partial charge in [-0.25, -0.2) is 8.42 Å². The second-order valence-electron chi connectivity index (χ2n) is 5.60. The number of thiophene rings is 1. The number of nitrogens with one attached hydrogen (secondary N) is 1. The summed E-state index contributed by atoms with van der Waals surface area (Å²) in [4.78, 5) is 1.07.